The summed E-state index contributed by atoms with van der Waals surface area (Å²) >= 11 is 0. The third-order valence-corrected chi connectivity index (χ3v) is 3.30. The van der Waals surface area contributed by atoms with Crippen LogP contribution in [0.1, 0.15) is 19.8 Å². The second kappa shape index (κ2) is 4.68. The molecule has 2 aliphatic carbocycles. The molecule has 2 aliphatic rings. The molecule has 1 N–H and O–H groups in total. The summed E-state index contributed by atoms with van der Waals surface area (Å²) in [5.41, 5.74) is 0. The van der Waals surface area contributed by atoms with E-state index in [9.17, 15) is 9.59 Å². The van der Waals surface area contributed by atoms with Crippen molar-refractivity contribution < 1.29 is 14.3 Å². The number of ether oxygens (including phenoxy) is 1. The van der Waals surface area contributed by atoms with Crippen LogP contribution in [0, 0.1) is 17.8 Å². The van der Waals surface area contributed by atoms with Gasteiger partial charge in [0.25, 0.3) is 0 Å². The molecule has 3 unspecified atom stereocenters. The highest BCUT2D eigenvalue weighted by atomic mass is 16.5. The van der Waals surface area contributed by atoms with Crippen molar-refractivity contribution in [2.75, 3.05) is 13.2 Å². The summed E-state index contributed by atoms with van der Waals surface area (Å²) in [6.07, 6.45) is 6.37. The first-order valence-corrected chi connectivity index (χ1v) is 5.76. The van der Waals surface area contributed by atoms with Gasteiger partial charge in [0, 0.05) is 6.92 Å². The van der Waals surface area contributed by atoms with E-state index in [1.54, 1.807) is 0 Å². The van der Waals surface area contributed by atoms with Crippen LogP contribution >= 0.6 is 0 Å². The van der Waals surface area contributed by atoms with E-state index in [1.165, 1.54) is 6.92 Å². The maximum absolute atomic E-state index is 11.7. The molecule has 0 aromatic carbocycles. The van der Waals surface area contributed by atoms with E-state index in [0.717, 1.165) is 12.8 Å². The van der Waals surface area contributed by atoms with E-state index >= 15 is 0 Å². The van der Waals surface area contributed by atoms with Crippen molar-refractivity contribution >= 4 is 11.9 Å². The van der Waals surface area contributed by atoms with Gasteiger partial charge in [-0.15, -0.1) is 0 Å². The topological polar surface area (TPSA) is 55.4 Å². The van der Waals surface area contributed by atoms with E-state index in [-0.39, 0.29) is 24.4 Å². The largest absolute Gasteiger partial charge is 0.464 e. The van der Waals surface area contributed by atoms with Crippen LogP contribution in [0.15, 0.2) is 12.2 Å². The Kier molecular flexibility index (Phi) is 3.27. The number of allylic oxidation sites excluding steroid dienone is 2. The molecular weight excluding hydrogens is 206 g/mol. The van der Waals surface area contributed by atoms with Crippen LogP contribution < -0.4 is 5.32 Å². The maximum atomic E-state index is 11.7. The van der Waals surface area contributed by atoms with Gasteiger partial charge in [-0.3, -0.25) is 9.59 Å². The Morgan fingerprint density at radius 3 is 2.75 bits per heavy atom. The first-order chi connectivity index (χ1) is 7.66. The second-order valence-corrected chi connectivity index (χ2v) is 4.54. The smallest absolute Gasteiger partial charge is 0.309 e. The molecule has 16 heavy (non-hydrogen) atoms. The van der Waals surface area contributed by atoms with Crippen LogP contribution in [-0.2, 0) is 14.3 Å². The van der Waals surface area contributed by atoms with E-state index in [1.807, 2.05) is 0 Å². The van der Waals surface area contributed by atoms with Crippen molar-refractivity contribution in [2.45, 2.75) is 19.8 Å². The molecule has 0 saturated heterocycles. The minimum absolute atomic E-state index is 0.0485. The quantitative estimate of drug-likeness (QED) is 0.437. The fraction of sp³-hybridized carbons (Fsp3) is 0.667. The number of nitrogens with one attached hydrogen (secondary N) is 1. The summed E-state index contributed by atoms with van der Waals surface area (Å²) in [5.74, 6) is 0.810. The molecule has 1 amide bonds. The van der Waals surface area contributed by atoms with E-state index in [2.05, 4.69) is 17.5 Å². The third kappa shape index (κ3) is 2.43. The zero-order valence-electron chi connectivity index (χ0n) is 9.44. The zero-order chi connectivity index (χ0) is 11.5. The van der Waals surface area contributed by atoms with Crippen LogP contribution in [0.25, 0.3) is 0 Å². The van der Waals surface area contributed by atoms with Gasteiger partial charge < -0.3 is 10.1 Å². The molecule has 2 rings (SSSR count). The average Bonchev–Trinajstić information content (AvgIpc) is 2.85. The molecular formula is C12H17NO3. The van der Waals surface area contributed by atoms with Gasteiger partial charge in [-0.1, -0.05) is 12.2 Å². The Labute approximate surface area is 95.0 Å². The van der Waals surface area contributed by atoms with Gasteiger partial charge in [0.1, 0.15) is 6.61 Å². The lowest BCUT2D eigenvalue weighted by atomic mass is 9.94. The van der Waals surface area contributed by atoms with E-state index in [4.69, 9.17) is 4.74 Å². The zero-order valence-corrected chi connectivity index (χ0v) is 9.44. The third-order valence-electron chi connectivity index (χ3n) is 3.30. The predicted octanol–water partition coefficient (Wildman–Crippen LogP) is 0.878. The molecule has 0 aromatic heterocycles. The number of carbonyl (C=O) groups excluding carboxylic acids is 2. The number of esters is 1. The van der Waals surface area contributed by atoms with Crippen molar-refractivity contribution in [3.8, 4) is 0 Å². The molecule has 88 valence electrons. The molecule has 1 saturated carbocycles. The number of amides is 1. The van der Waals surface area contributed by atoms with E-state index < -0.39 is 0 Å². The number of hydrogen-bond donors (Lipinski definition) is 1. The first kappa shape index (κ1) is 11.2. The lowest BCUT2D eigenvalue weighted by Crippen LogP contribution is -2.28. The Morgan fingerprint density at radius 1 is 1.38 bits per heavy atom. The summed E-state index contributed by atoms with van der Waals surface area (Å²) in [5, 5.41) is 2.60. The van der Waals surface area contributed by atoms with Crippen LogP contribution in [0.2, 0.25) is 0 Å². The monoisotopic (exact) mass is 223 g/mol. The lowest BCUT2D eigenvalue weighted by molar-refractivity contribution is -0.149. The Bertz CT molecular complexity index is 324. The van der Waals surface area contributed by atoms with Gasteiger partial charge >= 0.3 is 5.97 Å². The molecule has 0 radical (unpaired) electrons. The minimum atomic E-state index is -0.109. The summed E-state index contributed by atoms with van der Waals surface area (Å²) < 4.78 is 5.14. The van der Waals surface area contributed by atoms with Crippen molar-refractivity contribution in [1.82, 2.24) is 5.32 Å². The Balaban J connectivity index is 1.69. The number of fused-ring (bicyclic) bond motifs is 2. The Hall–Kier alpha value is -1.32. The fourth-order valence-corrected chi connectivity index (χ4v) is 2.54. The summed E-state index contributed by atoms with van der Waals surface area (Å²) in [7, 11) is 0. The minimum Gasteiger partial charge on any atom is -0.464 e. The number of carbonyl (C=O) groups is 2. The molecule has 4 nitrogen and oxygen atoms in total. The second-order valence-electron chi connectivity index (χ2n) is 4.54. The van der Waals surface area contributed by atoms with E-state index in [0.29, 0.717) is 18.4 Å². The molecule has 3 atom stereocenters. The van der Waals surface area contributed by atoms with Crippen LogP contribution in [0.5, 0.6) is 0 Å². The summed E-state index contributed by atoms with van der Waals surface area (Å²) in [6.45, 7) is 2.12. The SMILES string of the molecule is CC(=O)NCCOC(=O)C1CC2C=CC1C2. The van der Waals surface area contributed by atoms with Crippen LogP contribution in [-0.4, -0.2) is 25.0 Å². The van der Waals surface area contributed by atoms with Crippen molar-refractivity contribution in [2.24, 2.45) is 17.8 Å². The van der Waals surface area contributed by atoms with Crippen molar-refractivity contribution in [1.29, 1.82) is 0 Å². The molecule has 4 heteroatoms. The Morgan fingerprint density at radius 2 is 2.19 bits per heavy atom. The molecule has 0 aromatic rings. The van der Waals surface area contributed by atoms with Gasteiger partial charge in [0.2, 0.25) is 5.91 Å². The van der Waals surface area contributed by atoms with Gasteiger partial charge in [-0.2, -0.15) is 0 Å². The van der Waals surface area contributed by atoms with Gasteiger partial charge in [0.15, 0.2) is 0 Å². The highest BCUT2D eigenvalue weighted by molar-refractivity contribution is 5.74. The van der Waals surface area contributed by atoms with Gasteiger partial charge in [-0.05, 0) is 24.7 Å². The van der Waals surface area contributed by atoms with Crippen LogP contribution in [0.4, 0.5) is 0 Å². The number of hydrogen-bond acceptors (Lipinski definition) is 3. The molecule has 0 spiro atoms. The average molecular weight is 223 g/mol. The number of rotatable bonds is 4. The maximum Gasteiger partial charge on any atom is 0.309 e. The van der Waals surface area contributed by atoms with Crippen molar-refractivity contribution in [3.63, 3.8) is 0 Å². The highest BCUT2D eigenvalue weighted by Gasteiger charge is 2.40. The normalized spacial score (nSPS) is 30.4. The fourth-order valence-electron chi connectivity index (χ4n) is 2.54. The molecule has 1 fully saturated rings. The summed E-state index contributed by atoms with van der Waals surface area (Å²) in [4.78, 5) is 22.3. The van der Waals surface area contributed by atoms with Crippen molar-refractivity contribution in [3.05, 3.63) is 12.2 Å². The van der Waals surface area contributed by atoms with Gasteiger partial charge in [0.05, 0.1) is 12.5 Å². The molecule has 2 bridgehead atoms. The molecule has 0 heterocycles. The predicted molar refractivity (Wildman–Crippen MR) is 58.5 cm³/mol. The molecule has 0 aliphatic heterocycles. The first-order valence-electron chi connectivity index (χ1n) is 5.76. The van der Waals surface area contributed by atoms with Gasteiger partial charge in [-0.25, -0.2) is 0 Å². The summed E-state index contributed by atoms with van der Waals surface area (Å²) in [6, 6.07) is 0. The standard InChI is InChI=1S/C12H17NO3/c1-8(14)13-4-5-16-12(15)11-7-9-2-3-10(11)6-9/h2-3,9-11H,4-7H2,1H3,(H,13,14). The lowest BCUT2D eigenvalue weighted by Gasteiger charge is -2.16. The van der Waals surface area contributed by atoms with Crippen LogP contribution in [0.3, 0.4) is 0 Å². The highest BCUT2D eigenvalue weighted by Crippen LogP contribution is 2.43.